The first-order chi connectivity index (χ1) is 8.46. The molecule has 2 rings (SSSR count). The van der Waals surface area contributed by atoms with E-state index < -0.39 is 5.60 Å². The highest BCUT2D eigenvalue weighted by atomic mass is 16.5. The van der Waals surface area contributed by atoms with E-state index in [1.165, 1.54) is 0 Å². The van der Waals surface area contributed by atoms with Crippen molar-refractivity contribution >= 4 is 11.6 Å². The highest BCUT2D eigenvalue weighted by Gasteiger charge is 2.30. The average Bonchev–Trinajstić information content (AvgIpc) is 3.10. The third-order valence-corrected chi connectivity index (χ3v) is 2.67. The zero-order valence-corrected chi connectivity index (χ0v) is 10.8. The molecule has 98 valence electrons. The number of carbonyl (C=O) groups excluding carboxylic acids is 1. The number of nitrogens with one attached hydrogen (secondary N) is 1. The molecule has 0 bridgehead atoms. The number of aliphatic hydroxyl groups is 1. The van der Waals surface area contributed by atoms with Crippen LogP contribution in [0.5, 0.6) is 5.75 Å². The molecule has 1 aromatic carbocycles. The van der Waals surface area contributed by atoms with Crippen molar-refractivity contribution in [2.24, 2.45) is 5.92 Å². The summed E-state index contributed by atoms with van der Waals surface area (Å²) in [5.41, 5.74) is -0.230. The smallest absolute Gasteiger partial charge is 0.227 e. The van der Waals surface area contributed by atoms with Crippen molar-refractivity contribution in [2.45, 2.75) is 32.3 Å². The minimum absolute atomic E-state index is 0.0503. The predicted octanol–water partition coefficient (Wildman–Crippen LogP) is 2.18. The fraction of sp³-hybridized carbons (Fsp3) is 0.500. The second-order valence-electron chi connectivity index (χ2n) is 5.36. The number of amides is 1. The van der Waals surface area contributed by atoms with Gasteiger partial charge in [0.15, 0.2) is 0 Å². The van der Waals surface area contributed by atoms with Crippen LogP contribution in [0.4, 0.5) is 5.69 Å². The van der Waals surface area contributed by atoms with Gasteiger partial charge in [0.25, 0.3) is 0 Å². The van der Waals surface area contributed by atoms with Crippen molar-refractivity contribution in [2.75, 3.05) is 11.9 Å². The summed E-state index contributed by atoms with van der Waals surface area (Å²) in [5.74, 6) is 0.801. The van der Waals surface area contributed by atoms with Crippen molar-refractivity contribution < 1.29 is 14.6 Å². The standard InChI is InChI=1S/C14H19NO3/c1-14(2,17)9-18-12-6-4-3-5-11(12)15-13(16)10-7-8-10/h3-6,10,17H,7-9H2,1-2H3,(H,15,16). The molecule has 0 spiro atoms. The zero-order chi connectivity index (χ0) is 13.2. The second kappa shape index (κ2) is 4.98. The van der Waals surface area contributed by atoms with Gasteiger partial charge < -0.3 is 15.2 Å². The van der Waals surface area contributed by atoms with Crippen LogP contribution in [0, 0.1) is 5.92 Å². The van der Waals surface area contributed by atoms with Crippen LogP contribution in [-0.2, 0) is 4.79 Å². The number of hydrogen-bond acceptors (Lipinski definition) is 3. The summed E-state index contributed by atoms with van der Waals surface area (Å²) < 4.78 is 5.54. The lowest BCUT2D eigenvalue weighted by molar-refractivity contribution is -0.117. The maximum Gasteiger partial charge on any atom is 0.227 e. The summed E-state index contributed by atoms with van der Waals surface area (Å²) in [6, 6.07) is 7.28. The van der Waals surface area contributed by atoms with Gasteiger partial charge in [-0.25, -0.2) is 0 Å². The normalized spacial score (nSPS) is 15.3. The van der Waals surface area contributed by atoms with Gasteiger partial charge in [-0.2, -0.15) is 0 Å². The van der Waals surface area contributed by atoms with Gasteiger partial charge in [0.1, 0.15) is 12.4 Å². The Labute approximate surface area is 107 Å². The monoisotopic (exact) mass is 249 g/mol. The van der Waals surface area contributed by atoms with Gasteiger partial charge in [0.05, 0.1) is 11.3 Å². The third kappa shape index (κ3) is 3.74. The van der Waals surface area contributed by atoms with Crippen molar-refractivity contribution in [1.82, 2.24) is 0 Å². The number of para-hydroxylation sites is 2. The van der Waals surface area contributed by atoms with Gasteiger partial charge in [0.2, 0.25) is 5.91 Å². The fourth-order valence-electron chi connectivity index (χ4n) is 1.53. The molecule has 1 aliphatic carbocycles. The molecule has 1 fully saturated rings. The molecule has 4 heteroatoms. The summed E-state index contributed by atoms with van der Waals surface area (Å²) in [6.07, 6.45) is 1.94. The Hall–Kier alpha value is -1.55. The summed E-state index contributed by atoms with van der Waals surface area (Å²) in [6.45, 7) is 3.54. The Bertz CT molecular complexity index is 433. The number of rotatable bonds is 5. The lowest BCUT2D eigenvalue weighted by atomic mass is 10.2. The molecule has 0 atom stereocenters. The molecule has 0 heterocycles. The third-order valence-electron chi connectivity index (χ3n) is 2.67. The van der Waals surface area contributed by atoms with E-state index in [4.69, 9.17) is 4.74 Å². The SMILES string of the molecule is CC(C)(O)COc1ccccc1NC(=O)C1CC1. The van der Waals surface area contributed by atoms with E-state index in [-0.39, 0.29) is 18.4 Å². The van der Waals surface area contributed by atoms with Gasteiger partial charge in [-0.05, 0) is 38.8 Å². The number of anilines is 1. The zero-order valence-electron chi connectivity index (χ0n) is 10.8. The topological polar surface area (TPSA) is 58.6 Å². The summed E-state index contributed by atoms with van der Waals surface area (Å²) >= 11 is 0. The van der Waals surface area contributed by atoms with Crippen LogP contribution >= 0.6 is 0 Å². The quantitative estimate of drug-likeness (QED) is 0.841. The number of benzene rings is 1. The van der Waals surface area contributed by atoms with Crippen molar-refractivity contribution in [3.05, 3.63) is 24.3 Å². The van der Waals surface area contributed by atoms with E-state index in [0.717, 1.165) is 12.8 Å². The first kappa shape index (κ1) is 12.9. The molecule has 1 aromatic rings. The second-order valence-corrected chi connectivity index (χ2v) is 5.36. The molecular formula is C14H19NO3. The fourth-order valence-corrected chi connectivity index (χ4v) is 1.53. The Balaban J connectivity index is 2.02. The molecule has 1 aliphatic rings. The van der Waals surface area contributed by atoms with Crippen molar-refractivity contribution in [1.29, 1.82) is 0 Å². The molecule has 0 aliphatic heterocycles. The predicted molar refractivity (Wildman–Crippen MR) is 69.6 cm³/mol. The van der Waals surface area contributed by atoms with E-state index in [9.17, 15) is 9.90 Å². The molecule has 1 saturated carbocycles. The van der Waals surface area contributed by atoms with Crippen LogP contribution in [0.1, 0.15) is 26.7 Å². The Morgan fingerprint density at radius 1 is 1.44 bits per heavy atom. The maximum absolute atomic E-state index is 11.7. The molecular weight excluding hydrogens is 230 g/mol. The van der Waals surface area contributed by atoms with Gasteiger partial charge in [0, 0.05) is 5.92 Å². The summed E-state index contributed by atoms with van der Waals surface area (Å²) in [5, 5.41) is 12.5. The number of ether oxygens (including phenoxy) is 1. The van der Waals surface area contributed by atoms with Gasteiger partial charge in [-0.15, -0.1) is 0 Å². The molecule has 1 amide bonds. The summed E-state index contributed by atoms with van der Waals surface area (Å²) in [7, 11) is 0. The molecule has 0 saturated heterocycles. The summed E-state index contributed by atoms with van der Waals surface area (Å²) in [4.78, 5) is 11.7. The van der Waals surface area contributed by atoms with Crippen LogP contribution in [0.15, 0.2) is 24.3 Å². The van der Waals surface area contributed by atoms with E-state index in [2.05, 4.69) is 5.32 Å². The van der Waals surface area contributed by atoms with Crippen LogP contribution < -0.4 is 10.1 Å². The van der Waals surface area contributed by atoms with Gasteiger partial charge in [-0.3, -0.25) is 4.79 Å². The maximum atomic E-state index is 11.7. The van der Waals surface area contributed by atoms with Crippen LogP contribution in [0.2, 0.25) is 0 Å². The van der Waals surface area contributed by atoms with E-state index >= 15 is 0 Å². The molecule has 2 N–H and O–H groups in total. The van der Waals surface area contributed by atoms with Gasteiger partial charge >= 0.3 is 0 Å². The van der Waals surface area contributed by atoms with Crippen LogP contribution in [0.25, 0.3) is 0 Å². The minimum Gasteiger partial charge on any atom is -0.488 e. The minimum atomic E-state index is -0.895. The van der Waals surface area contributed by atoms with Crippen LogP contribution in [0.3, 0.4) is 0 Å². The average molecular weight is 249 g/mol. The highest BCUT2D eigenvalue weighted by Crippen LogP contribution is 2.32. The van der Waals surface area contributed by atoms with E-state index in [1.54, 1.807) is 26.0 Å². The van der Waals surface area contributed by atoms with Crippen molar-refractivity contribution in [3.8, 4) is 5.75 Å². The first-order valence-corrected chi connectivity index (χ1v) is 6.21. The first-order valence-electron chi connectivity index (χ1n) is 6.21. The Morgan fingerprint density at radius 3 is 2.72 bits per heavy atom. The van der Waals surface area contributed by atoms with Crippen molar-refractivity contribution in [3.63, 3.8) is 0 Å². The molecule has 0 radical (unpaired) electrons. The van der Waals surface area contributed by atoms with Crippen LogP contribution in [-0.4, -0.2) is 23.2 Å². The Morgan fingerprint density at radius 2 is 2.11 bits per heavy atom. The molecule has 18 heavy (non-hydrogen) atoms. The Kier molecular flexibility index (Phi) is 3.57. The van der Waals surface area contributed by atoms with E-state index in [1.807, 2.05) is 12.1 Å². The highest BCUT2D eigenvalue weighted by molar-refractivity contribution is 5.95. The lowest BCUT2D eigenvalue weighted by Crippen LogP contribution is -2.28. The number of hydrogen-bond donors (Lipinski definition) is 2. The van der Waals surface area contributed by atoms with Gasteiger partial charge in [-0.1, -0.05) is 12.1 Å². The molecule has 4 nitrogen and oxygen atoms in total. The molecule has 0 aromatic heterocycles. The number of carbonyl (C=O) groups is 1. The van der Waals surface area contributed by atoms with E-state index in [0.29, 0.717) is 11.4 Å². The lowest BCUT2D eigenvalue weighted by Gasteiger charge is -2.19. The largest absolute Gasteiger partial charge is 0.488 e. The molecule has 0 unspecified atom stereocenters.